The van der Waals surface area contributed by atoms with Crippen molar-refractivity contribution in [2.24, 2.45) is 5.73 Å². The minimum Gasteiger partial charge on any atom is -0.438 e. The molecule has 16 heteroatoms. The van der Waals surface area contributed by atoms with Crippen molar-refractivity contribution in [3.8, 4) is 17.2 Å². The number of rotatable bonds is 8. The number of nitrogens with two attached hydrogens (primary N) is 1. The molecule has 0 radical (unpaired) electrons. The number of benzene rings is 1. The van der Waals surface area contributed by atoms with E-state index < -0.39 is 36.7 Å². The lowest BCUT2D eigenvalue weighted by molar-refractivity contribution is -0.207. The van der Waals surface area contributed by atoms with Gasteiger partial charge in [0.1, 0.15) is 6.54 Å². The van der Waals surface area contributed by atoms with Gasteiger partial charge in [-0.1, -0.05) is 17.7 Å². The fourth-order valence-corrected chi connectivity index (χ4v) is 3.63. The molecule has 3 N–H and O–H groups in total. The molecule has 0 aliphatic carbocycles. The predicted octanol–water partition coefficient (Wildman–Crippen LogP) is 2.47. The van der Waals surface area contributed by atoms with E-state index in [2.05, 4.69) is 20.2 Å². The minimum absolute atomic E-state index is 0.0105. The fourth-order valence-electron chi connectivity index (χ4n) is 3.50. The first-order valence-corrected chi connectivity index (χ1v) is 11.3. The number of pyridine rings is 1. The van der Waals surface area contributed by atoms with Crippen molar-refractivity contribution in [3.63, 3.8) is 0 Å². The van der Waals surface area contributed by atoms with Crippen molar-refractivity contribution in [2.45, 2.75) is 38.4 Å². The van der Waals surface area contributed by atoms with E-state index in [1.54, 1.807) is 18.2 Å². The zero-order valence-electron chi connectivity index (χ0n) is 19.6. The highest BCUT2D eigenvalue weighted by atomic mass is 35.5. The lowest BCUT2D eigenvalue weighted by Crippen LogP contribution is -2.37. The van der Waals surface area contributed by atoms with Crippen molar-refractivity contribution in [1.29, 1.82) is 0 Å². The summed E-state index contributed by atoms with van der Waals surface area (Å²) in [5.74, 6) is 0.311. The van der Waals surface area contributed by atoms with Gasteiger partial charge in [0.05, 0.1) is 6.54 Å². The number of amides is 1. The lowest BCUT2D eigenvalue weighted by atomic mass is 10.2. The van der Waals surface area contributed by atoms with Gasteiger partial charge in [-0.25, -0.2) is 24.2 Å². The van der Waals surface area contributed by atoms with E-state index >= 15 is 0 Å². The Bertz CT molecular complexity index is 1490. The van der Waals surface area contributed by atoms with Crippen LogP contribution in [0.3, 0.4) is 0 Å². The highest BCUT2D eigenvalue weighted by Crippen LogP contribution is 2.24. The Kier molecular flexibility index (Phi) is 7.50. The monoisotopic (exact) mass is 552 g/mol. The molecule has 0 spiro atoms. The van der Waals surface area contributed by atoms with Gasteiger partial charge >= 0.3 is 18.0 Å². The van der Waals surface area contributed by atoms with Crippen LogP contribution in [0.2, 0.25) is 5.02 Å². The van der Waals surface area contributed by atoms with E-state index in [1.165, 1.54) is 42.1 Å². The first kappa shape index (κ1) is 26.8. The fraction of sp³-hybridized carbons (Fsp3) is 0.273. The number of nitrogens with zero attached hydrogens (tertiary/aromatic N) is 7. The normalized spacial score (nSPS) is 13.3. The summed E-state index contributed by atoms with van der Waals surface area (Å²) >= 11 is 5.91. The number of alkyl halides is 3. The Hall–Kier alpha value is -4.24. The molecule has 0 aliphatic heterocycles. The second-order valence-corrected chi connectivity index (χ2v) is 8.44. The molecule has 0 saturated carbocycles. The summed E-state index contributed by atoms with van der Waals surface area (Å²) in [5, 5.41) is 18.5. The molecule has 12 nitrogen and oxygen atoms in total. The Morgan fingerprint density at radius 3 is 2.50 bits per heavy atom. The summed E-state index contributed by atoms with van der Waals surface area (Å²) < 4.78 is 47.1. The summed E-state index contributed by atoms with van der Waals surface area (Å²) in [6.45, 7) is 0.0333. The van der Waals surface area contributed by atoms with E-state index in [9.17, 15) is 27.9 Å². The average molecular weight is 553 g/mol. The van der Waals surface area contributed by atoms with Crippen LogP contribution in [0, 0.1) is 0 Å². The summed E-state index contributed by atoms with van der Waals surface area (Å²) in [6, 6.07) is 10.9. The van der Waals surface area contributed by atoms with Gasteiger partial charge in [-0.05, 0) is 43.3 Å². The number of primary amides is 1. The van der Waals surface area contributed by atoms with Crippen LogP contribution in [0.25, 0.3) is 17.2 Å². The van der Waals surface area contributed by atoms with Crippen LogP contribution in [-0.2, 0) is 17.8 Å². The largest absolute Gasteiger partial charge is 0.438 e. The Morgan fingerprint density at radius 2 is 1.89 bits per heavy atom. The van der Waals surface area contributed by atoms with Crippen LogP contribution in [0.15, 0.2) is 53.5 Å². The average Bonchev–Trinajstić information content (AvgIpc) is 3.41. The van der Waals surface area contributed by atoms with Gasteiger partial charge < -0.3 is 15.6 Å². The first-order valence-electron chi connectivity index (χ1n) is 11.0. The van der Waals surface area contributed by atoms with E-state index in [-0.39, 0.29) is 29.6 Å². The second kappa shape index (κ2) is 10.6. The molecule has 4 rings (SSSR count). The third-order valence-electron chi connectivity index (χ3n) is 5.25. The summed E-state index contributed by atoms with van der Waals surface area (Å²) in [6.07, 6.45) is -8.30. The molecule has 1 amide bonds. The molecule has 38 heavy (non-hydrogen) atoms. The molecule has 0 bridgehead atoms. The number of aromatic nitrogens is 7. The van der Waals surface area contributed by atoms with Gasteiger partial charge in [0.15, 0.2) is 35.5 Å². The molecular weight excluding hydrogens is 533 g/mol. The van der Waals surface area contributed by atoms with Crippen molar-refractivity contribution in [2.75, 3.05) is 0 Å². The topological polar surface area (TPSA) is 156 Å². The minimum atomic E-state index is -4.96. The maximum atomic E-state index is 13.1. The van der Waals surface area contributed by atoms with Crippen LogP contribution < -0.4 is 11.4 Å². The van der Waals surface area contributed by atoms with Crippen LogP contribution in [0.5, 0.6) is 0 Å². The van der Waals surface area contributed by atoms with E-state index in [4.69, 9.17) is 22.1 Å². The number of carbonyl (C=O) groups is 1. The van der Waals surface area contributed by atoms with Crippen molar-refractivity contribution in [1.82, 2.24) is 34.1 Å². The van der Waals surface area contributed by atoms with Crippen molar-refractivity contribution >= 4 is 17.7 Å². The zero-order chi connectivity index (χ0) is 27.6. The van der Waals surface area contributed by atoms with E-state index in [0.29, 0.717) is 15.4 Å². The standard InChI is InChI=1S/C22H20ClF3N8O4/c1-12(38-20(27)36)18-29-16(30-34(18)17-4-2-3-9-28-17)11-33-21(37)32(10-15(35)22(24,25)26)19(31-33)13-5-7-14(23)8-6-13/h2-9,12,15,35H,10-11H2,1H3,(H2,27,36). The zero-order valence-corrected chi connectivity index (χ0v) is 20.3. The first-order chi connectivity index (χ1) is 17.9. The molecular formula is C22H20ClF3N8O4. The SMILES string of the molecule is CC(OC(N)=O)c1nc(Cn2nc(-c3ccc(Cl)cc3)n(CC(O)C(F)(F)F)c2=O)nn1-c1ccccn1. The molecule has 200 valence electrons. The molecule has 3 aromatic heterocycles. The van der Waals surface area contributed by atoms with Gasteiger partial charge in [-0.15, -0.1) is 10.2 Å². The predicted molar refractivity (Wildman–Crippen MR) is 126 cm³/mol. The summed E-state index contributed by atoms with van der Waals surface area (Å²) in [7, 11) is 0. The van der Waals surface area contributed by atoms with E-state index in [0.717, 1.165) is 4.68 Å². The summed E-state index contributed by atoms with van der Waals surface area (Å²) in [5.41, 5.74) is 4.46. The third kappa shape index (κ3) is 5.84. The Balaban J connectivity index is 1.77. The molecule has 2 atom stereocenters. The van der Waals surface area contributed by atoms with Gasteiger partial charge in [0, 0.05) is 16.8 Å². The van der Waals surface area contributed by atoms with Crippen molar-refractivity contribution in [3.05, 3.63) is 75.8 Å². The molecule has 4 aromatic rings. The number of aliphatic hydroxyl groups is 1. The number of hydrogen-bond donors (Lipinski definition) is 2. The number of ether oxygens (including phenoxy) is 1. The molecule has 0 aliphatic rings. The maximum absolute atomic E-state index is 13.1. The molecule has 1 aromatic carbocycles. The number of carbonyl (C=O) groups excluding carboxylic acids is 1. The van der Waals surface area contributed by atoms with Crippen LogP contribution in [0.4, 0.5) is 18.0 Å². The number of hydrogen-bond acceptors (Lipinski definition) is 8. The molecule has 0 fully saturated rings. The smallest absolute Gasteiger partial charge is 0.416 e. The van der Waals surface area contributed by atoms with Gasteiger partial charge in [-0.3, -0.25) is 4.57 Å². The number of halogens is 4. The van der Waals surface area contributed by atoms with Crippen LogP contribution in [-0.4, -0.2) is 57.6 Å². The molecule has 3 heterocycles. The highest BCUT2D eigenvalue weighted by Gasteiger charge is 2.39. The summed E-state index contributed by atoms with van der Waals surface area (Å²) in [4.78, 5) is 32.9. The molecule has 2 unspecified atom stereocenters. The molecule has 0 saturated heterocycles. The quantitative estimate of drug-likeness (QED) is 0.337. The van der Waals surface area contributed by atoms with E-state index in [1.807, 2.05) is 0 Å². The van der Waals surface area contributed by atoms with Crippen LogP contribution in [0.1, 0.15) is 24.7 Å². The van der Waals surface area contributed by atoms with Gasteiger partial charge in [-0.2, -0.15) is 17.9 Å². The highest BCUT2D eigenvalue weighted by molar-refractivity contribution is 6.30. The maximum Gasteiger partial charge on any atom is 0.416 e. The van der Waals surface area contributed by atoms with Crippen LogP contribution >= 0.6 is 11.6 Å². The lowest BCUT2D eigenvalue weighted by Gasteiger charge is -2.15. The Morgan fingerprint density at radius 1 is 1.18 bits per heavy atom. The number of aliphatic hydroxyl groups excluding tert-OH is 1. The Labute approximate surface area is 217 Å². The van der Waals surface area contributed by atoms with Gasteiger partial charge in [0.25, 0.3) is 0 Å². The second-order valence-electron chi connectivity index (χ2n) is 8.00. The van der Waals surface area contributed by atoms with Gasteiger partial charge in [0.2, 0.25) is 0 Å². The van der Waals surface area contributed by atoms with Crippen molar-refractivity contribution < 1.29 is 27.8 Å². The third-order valence-corrected chi connectivity index (χ3v) is 5.50.